The molecule has 0 aliphatic carbocycles. The second kappa shape index (κ2) is 6.17. The fraction of sp³-hybridized carbons (Fsp3) is 0.533. The molecule has 0 amide bonds. The first-order chi connectivity index (χ1) is 9.13. The van der Waals surface area contributed by atoms with E-state index in [1.807, 2.05) is 24.3 Å². The van der Waals surface area contributed by atoms with E-state index in [-0.39, 0.29) is 6.04 Å². The highest BCUT2D eigenvalue weighted by Gasteiger charge is 2.32. The first-order valence-corrected chi connectivity index (χ1v) is 6.91. The van der Waals surface area contributed by atoms with E-state index in [0.717, 1.165) is 31.6 Å². The summed E-state index contributed by atoms with van der Waals surface area (Å²) in [5, 5.41) is 12.9. The molecule has 104 valence electrons. The Labute approximate surface area is 114 Å². The Morgan fingerprint density at radius 2 is 2.16 bits per heavy atom. The molecule has 1 aromatic rings. The first-order valence-electron chi connectivity index (χ1n) is 6.91. The van der Waals surface area contributed by atoms with Gasteiger partial charge in [0.15, 0.2) is 0 Å². The quantitative estimate of drug-likeness (QED) is 0.866. The van der Waals surface area contributed by atoms with Crippen molar-refractivity contribution in [3.63, 3.8) is 0 Å². The van der Waals surface area contributed by atoms with Gasteiger partial charge in [-0.15, -0.1) is 0 Å². The summed E-state index contributed by atoms with van der Waals surface area (Å²) in [6.07, 6.45) is 0.974. The predicted molar refractivity (Wildman–Crippen MR) is 75.2 cm³/mol. The van der Waals surface area contributed by atoms with Gasteiger partial charge in [0.25, 0.3) is 0 Å². The minimum absolute atomic E-state index is 0.237. The van der Waals surface area contributed by atoms with Gasteiger partial charge in [-0.25, -0.2) is 0 Å². The molecule has 1 saturated heterocycles. The van der Waals surface area contributed by atoms with E-state index in [4.69, 9.17) is 0 Å². The second-order valence-electron chi connectivity index (χ2n) is 5.13. The van der Waals surface area contributed by atoms with Gasteiger partial charge in [-0.1, -0.05) is 31.2 Å². The number of carboxylic acid groups (broad SMARTS) is 1. The largest absolute Gasteiger partial charge is 0.480 e. The summed E-state index contributed by atoms with van der Waals surface area (Å²) in [6, 6.07) is 7.65. The average Bonchev–Trinajstić information content (AvgIpc) is 2.42. The van der Waals surface area contributed by atoms with Crippen LogP contribution in [0.2, 0.25) is 0 Å². The predicted octanol–water partition coefficient (Wildman–Crippen LogP) is 1.67. The van der Waals surface area contributed by atoms with Gasteiger partial charge in [-0.2, -0.15) is 0 Å². The molecule has 0 aromatic heterocycles. The van der Waals surface area contributed by atoms with Crippen molar-refractivity contribution in [3.05, 3.63) is 35.4 Å². The molecule has 2 atom stereocenters. The number of nitrogens with one attached hydrogen (secondary N) is 1. The maximum atomic E-state index is 11.6. The van der Waals surface area contributed by atoms with E-state index in [2.05, 4.69) is 24.1 Å². The highest BCUT2D eigenvalue weighted by Crippen LogP contribution is 2.24. The third-order valence-electron chi connectivity index (χ3n) is 3.82. The molecule has 1 aromatic carbocycles. The molecule has 0 bridgehead atoms. The highest BCUT2D eigenvalue weighted by atomic mass is 16.4. The van der Waals surface area contributed by atoms with Gasteiger partial charge in [0.1, 0.15) is 6.04 Å². The molecule has 1 aliphatic rings. The molecule has 1 fully saturated rings. The molecule has 19 heavy (non-hydrogen) atoms. The van der Waals surface area contributed by atoms with Gasteiger partial charge in [-0.05, 0) is 24.5 Å². The molecule has 0 radical (unpaired) electrons. The van der Waals surface area contributed by atoms with Gasteiger partial charge < -0.3 is 10.4 Å². The minimum atomic E-state index is -0.766. The van der Waals surface area contributed by atoms with Crippen molar-refractivity contribution in [3.8, 4) is 0 Å². The number of benzene rings is 1. The number of hydrogen-bond donors (Lipinski definition) is 2. The van der Waals surface area contributed by atoms with Gasteiger partial charge >= 0.3 is 5.97 Å². The van der Waals surface area contributed by atoms with Gasteiger partial charge in [0.05, 0.1) is 0 Å². The van der Waals surface area contributed by atoms with Crippen molar-refractivity contribution in [2.45, 2.75) is 32.4 Å². The lowest BCUT2D eigenvalue weighted by Crippen LogP contribution is -2.52. The number of aliphatic carboxylic acids is 1. The Bertz CT molecular complexity index is 430. The van der Waals surface area contributed by atoms with E-state index in [9.17, 15) is 9.90 Å². The Morgan fingerprint density at radius 1 is 1.47 bits per heavy atom. The summed E-state index contributed by atoms with van der Waals surface area (Å²) in [4.78, 5) is 13.7. The van der Waals surface area contributed by atoms with Crippen molar-refractivity contribution in [2.75, 3.05) is 19.6 Å². The van der Waals surface area contributed by atoms with Gasteiger partial charge in [0, 0.05) is 25.7 Å². The molecule has 4 nitrogen and oxygen atoms in total. The average molecular weight is 262 g/mol. The molecule has 2 unspecified atom stereocenters. The SMILES string of the molecule is CCc1ccc(C(C(=O)O)N2CCNCC2C)cc1. The van der Waals surface area contributed by atoms with Crippen LogP contribution in [0.3, 0.4) is 0 Å². The molecule has 0 saturated carbocycles. The maximum absolute atomic E-state index is 11.6. The van der Waals surface area contributed by atoms with Crippen molar-refractivity contribution in [1.29, 1.82) is 0 Å². The van der Waals surface area contributed by atoms with Crippen LogP contribution in [-0.4, -0.2) is 41.7 Å². The minimum Gasteiger partial charge on any atom is -0.480 e. The number of rotatable bonds is 4. The maximum Gasteiger partial charge on any atom is 0.325 e. The number of piperazine rings is 1. The van der Waals surface area contributed by atoms with Crippen LogP contribution in [0.1, 0.15) is 31.0 Å². The fourth-order valence-electron chi connectivity index (χ4n) is 2.65. The number of carbonyl (C=O) groups is 1. The van der Waals surface area contributed by atoms with E-state index in [0.29, 0.717) is 0 Å². The van der Waals surface area contributed by atoms with Gasteiger partial charge in [0.2, 0.25) is 0 Å². The van der Waals surface area contributed by atoms with Crippen LogP contribution in [0.25, 0.3) is 0 Å². The van der Waals surface area contributed by atoms with Crippen LogP contribution in [0.4, 0.5) is 0 Å². The van der Waals surface area contributed by atoms with Gasteiger partial charge in [-0.3, -0.25) is 9.69 Å². The molecular weight excluding hydrogens is 240 g/mol. The van der Waals surface area contributed by atoms with E-state index < -0.39 is 12.0 Å². The van der Waals surface area contributed by atoms with Crippen molar-refractivity contribution < 1.29 is 9.90 Å². The lowest BCUT2D eigenvalue weighted by atomic mass is 10.0. The summed E-state index contributed by atoms with van der Waals surface area (Å²) in [6.45, 7) is 6.64. The summed E-state index contributed by atoms with van der Waals surface area (Å²) >= 11 is 0. The lowest BCUT2D eigenvalue weighted by Gasteiger charge is -2.38. The Hall–Kier alpha value is -1.39. The van der Waals surface area contributed by atoms with Crippen LogP contribution < -0.4 is 5.32 Å². The smallest absolute Gasteiger partial charge is 0.325 e. The third-order valence-corrected chi connectivity index (χ3v) is 3.82. The topological polar surface area (TPSA) is 52.6 Å². The van der Waals surface area contributed by atoms with E-state index >= 15 is 0 Å². The first kappa shape index (κ1) is 14.0. The van der Waals surface area contributed by atoms with Crippen molar-refractivity contribution >= 4 is 5.97 Å². The Balaban J connectivity index is 2.25. The van der Waals surface area contributed by atoms with E-state index in [1.165, 1.54) is 5.56 Å². The number of aryl methyl sites for hydroxylation is 1. The van der Waals surface area contributed by atoms with Crippen LogP contribution in [0, 0.1) is 0 Å². The normalized spacial score (nSPS) is 22.1. The molecule has 0 spiro atoms. The molecular formula is C15H22N2O2. The summed E-state index contributed by atoms with van der Waals surface area (Å²) in [5.74, 6) is -0.766. The molecule has 1 aliphatic heterocycles. The van der Waals surface area contributed by atoms with Crippen LogP contribution in [0.5, 0.6) is 0 Å². The zero-order chi connectivity index (χ0) is 13.8. The number of nitrogens with zero attached hydrogens (tertiary/aromatic N) is 1. The summed E-state index contributed by atoms with van der Waals surface area (Å²) < 4.78 is 0. The third kappa shape index (κ3) is 3.14. The zero-order valence-corrected chi connectivity index (χ0v) is 11.6. The second-order valence-corrected chi connectivity index (χ2v) is 5.13. The Kier molecular flexibility index (Phi) is 4.56. The zero-order valence-electron chi connectivity index (χ0n) is 11.6. The summed E-state index contributed by atoms with van der Waals surface area (Å²) in [5.41, 5.74) is 2.11. The standard InChI is InChI=1S/C15H22N2O2/c1-3-12-4-6-13(7-5-12)14(15(18)19)17-9-8-16-10-11(17)2/h4-7,11,14,16H,3,8-10H2,1-2H3,(H,18,19). The number of carboxylic acids is 1. The molecule has 4 heteroatoms. The lowest BCUT2D eigenvalue weighted by molar-refractivity contribution is -0.145. The van der Waals surface area contributed by atoms with Crippen molar-refractivity contribution in [2.24, 2.45) is 0 Å². The fourth-order valence-corrected chi connectivity index (χ4v) is 2.65. The highest BCUT2D eigenvalue weighted by molar-refractivity contribution is 5.75. The monoisotopic (exact) mass is 262 g/mol. The van der Waals surface area contributed by atoms with Crippen molar-refractivity contribution in [1.82, 2.24) is 10.2 Å². The van der Waals surface area contributed by atoms with Crippen LogP contribution in [0.15, 0.2) is 24.3 Å². The van der Waals surface area contributed by atoms with Crippen LogP contribution >= 0.6 is 0 Å². The summed E-state index contributed by atoms with van der Waals surface area (Å²) in [7, 11) is 0. The molecule has 1 heterocycles. The Morgan fingerprint density at radius 3 is 2.68 bits per heavy atom. The van der Waals surface area contributed by atoms with Crippen LogP contribution in [-0.2, 0) is 11.2 Å². The molecule has 2 rings (SSSR count). The number of hydrogen-bond acceptors (Lipinski definition) is 3. The molecule has 2 N–H and O–H groups in total. The van der Waals surface area contributed by atoms with E-state index in [1.54, 1.807) is 0 Å².